The molecule has 0 saturated heterocycles. The Morgan fingerprint density at radius 2 is 1.95 bits per heavy atom. The van der Waals surface area contributed by atoms with Crippen LogP contribution in [-0.2, 0) is 22.6 Å². The maximum absolute atomic E-state index is 12.0. The van der Waals surface area contributed by atoms with Crippen LogP contribution < -0.4 is 5.32 Å². The zero-order chi connectivity index (χ0) is 13.8. The number of amides is 2. The predicted molar refractivity (Wildman–Crippen MR) is 73.4 cm³/mol. The van der Waals surface area contributed by atoms with Crippen molar-refractivity contribution in [1.29, 1.82) is 0 Å². The highest BCUT2D eigenvalue weighted by atomic mass is 16.2. The number of benzene rings is 1. The molecule has 0 saturated carbocycles. The maximum atomic E-state index is 12.0. The average Bonchev–Trinajstić information content (AvgIpc) is 2.43. The van der Waals surface area contributed by atoms with E-state index in [1.165, 1.54) is 5.56 Å². The molecule has 1 aliphatic rings. The van der Waals surface area contributed by atoms with E-state index < -0.39 is 11.8 Å². The molecule has 0 aromatic heterocycles. The lowest BCUT2D eigenvalue weighted by Crippen LogP contribution is -2.45. The minimum absolute atomic E-state index is 0.346. The Morgan fingerprint density at radius 1 is 1.26 bits per heavy atom. The topological polar surface area (TPSA) is 49.4 Å². The molecule has 1 N–H and O–H groups in total. The molecule has 0 radical (unpaired) electrons. The van der Waals surface area contributed by atoms with Crippen LogP contribution in [0.4, 0.5) is 0 Å². The van der Waals surface area contributed by atoms with Gasteiger partial charge in [0.1, 0.15) is 0 Å². The van der Waals surface area contributed by atoms with Crippen LogP contribution in [0.2, 0.25) is 0 Å². The minimum Gasteiger partial charge on any atom is -0.348 e. The zero-order valence-electron chi connectivity index (χ0n) is 11.5. The van der Waals surface area contributed by atoms with Crippen molar-refractivity contribution in [2.75, 3.05) is 13.1 Å². The molecular formula is C15H20N2O2. The Kier molecular flexibility index (Phi) is 4.20. The van der Waals surface area contributed by atoms with E-state index >= 15 is 0 Å². The molecule has 4 heteroatoms. The Hall–Kier alpha value is -1.84. The van der Waals surface area contributed by atoms with Gasteiger partial charge in [-0.2, -0.15) is 0 Å². The van der Waals surface area contributed by atoms with Crippen LogP contribution in [0, 0.1) is 5.92 Å². The highest BCUT2D eigenvalue weighted by Crippen LogP contribution is 2.18. The van der Waals surface area contributed by atoms with E-state index in [1.807, 2.05) is 32.0 Å². The number of nitrogens with one attached hydrogen (secondary N) is 1. The van der Waals surface area contributed by atoms with Crippen LogP contribution in [-0.4, -0.2) is 29.8 Å². The van der Waals surface area contributed by atoms with Gasteiger partial charge in [-0.25, -0.2) is 0 Å². The van der Waals surface area contributed by atoms with Crippen molar-refractivity contribution < 1.29 is 9.59 Å². The van der Waals surface area contributed by atoms with E-state index in [0.717, 1.165) is 12.0 Å². The van der Waals surface area contributed by atoms with Gasteiger partial charge < -0.3 is 10.2 Å². The molecule has 0 atom stereocenters. The molecule has 2 amide bonds. The Bertz CT molecular complexity index is 483. The van der Waals surface area contributed by atoms with E-state index in [1.54, 1.807) is 4.90 Å². The first-order valence-corrected chi connectivity index (χ1v) is 6.72. The first-order chi connectivity index (χ1) is 9.08. The van der Waals surface area contributed by atoms with Crippen LogP contribution in [0.1, 0.15) is 25.0 Å². The van der Waals surface area contributed by atoms with Gasteiger partial charge in [-0.05, 0) is 23.5 Å². The van der Waals surface area contributed by atoms with Gasteiger partial charge in [0, 0.05) is 19.6 Å². The molecular weight excluding hydrogens is 240 g/mol. The summed E-state index contributed by atoms with van der Waals surface area (Å²) in [5, 5.41) is 2.67. The van der Waals surface area contributed by atoms with Crippen molar-refractivity contribution >= 4 is 11.8 Å². The van der Waals surface area contributed by atoms with Crippen LogP contribution >= 0.6 is 0 Å². The summed E-state index contributed by atoms with van der Waals surface area (Å²) in [6, 6.07) is 8.06. The lowest BCUT2D eigenvalue weighted by atomic mass is 10.00. The molecule has 0 spiro atoms. The normalized spacial score (nSPS) is 14.2. The first-order valence-electron chi connectivity index (χ1n) is 6.72. The molecule has 1 aromatic rings. The second-order valence-corrected chi connectivity index (χ2v) is 5.35. The Labute approximate surface area is 113 Å². The first kappa shape index (κ1) is 13.6. The van der Waals surface area contributed by atoms with E-state index in [0.29, 0.717) is 25.6 Å². The van der Waals surface area contributed by atoms with Crippen molar-refractivity contribution in [3.8, 4) is 0 Å². The molecule has 0 fully saturated rings. The molecule has 19 heavy (non-hydrogen) atoms. The molecule has 2 rings (SSSR count). The van der Waals surface area contributed by atoms with Gasteiger partial charge in [0.15, 0.2) is 0 Å². The van der Waals surface area contributed by atoms with Crippen LogP contribution in [0.5, 0.6) is 0 Å². The van der Waals surface area contributed by atoms with Crippen molar-refractivity contribution in [3.05, 3.63) is 35.4 Å². The van der Waals surface area contributed by atoms with Gasteiger partial charge in [-0.3, -0.25) is 9.59 Å². The molecule has 0 bridgehead atoms. The van der Waals surface area contributed by atoms with E-state index in [2.05, 4.69) is 11.4 Å². The summed E-state index contributed by atoms with van der Waals surface area (Å²) in [4.78, 5) is 25.4. The van der Waals surface area contributed by atoms with Gasteiger partial charge in [0.05, 0.1) is 0 Å². The number of hydrogen-bond acceptors (Lipinski definition) is 2. The molecule has 4 nitrogen and oxygen atoms in total. The third-order valence-corrected chi connectivity index (χ3v) is 3.28. The fourth-order valence-corrected chi connectivity index (χ4v) is 2.19. The van der Waals surface area contributed by atoms with Gasteiger partial charge in [0.2, 0.25) is 0 Å². The lowest BCUT2D eigenvalue weighted by Gasteiger charge is -2.28. The van der Waals surface area contributed by atoms with Gasteiger partial charge in [-0.15, -0.1) is 0 Å². The van der Waals surface area contributed by atoms with Crippen LogP contribution in [0.15, 0.2) is 24.3 Å². The summed E-state index contributed by atoms with van der Waals surface area (Å²) in [7, 11) is 0. The number of rotatable bonds is 2. The van der Waals surface area contributed by atoms with Crippen LogP contribution in [0.25, 0.3) is 0 Å². The van der Waals surface area contributed by atoms with E-state index in [9.17, 15) is 9.59 Å². The van der Waals surface area contributed by atoms with E-state index in [-0.39, 0.29) is 0 Å². The van der Waals surface area contributed by atoms with Gasteiger partial charge in [-0.1, -0.05) is 38.1 Å². The summed E-state index contributed by atoms with van der Waals surface area (Å²) in [6.07, 6.45) is 0.819. The quantitative estimate of drug-likeness (QED) is 0.816. The standard InChI is InChI=1S/C15H20N2O2/c1-11(2)9-16-14(18)15(19)17-8-7-12-5-3-4-6-13(12)10-17/h3-6,11H,7-10H2,1-2H3,(H,16,18). The highest BCUT2D eigenvalue weighted by Gasteiger charge is 2.25. The summed E-state index contributed by atoms with van der Waals surface area (Å²) >= 11 is 0. The third kappa shape index (κ3) is 3.34. The maximum Gasteiger partial charge on any atom is 0.312 e. The van der Waals surface area contributed by atoms with Gasteiger partial charge >= 0.3 is 11.8 Å². The molecule has 102 valence electrons. The van der Waals surface area contributed by atoms with Crippen LogP contribution in [0.3, 0.4) is 0 Å². The Morgan fingerprint density at radius 3 is 2.63 bits per heavy atom. The number of hydrogen-bond donors (Lipinski definition) is 1. The Balaban J connectivity index is 1.97. The SMILES string of the molecule is CC(C)CNC(=O)C(=O)N1CCc2ccccc2C1. The second kappa shape index (κ2) is 5.87. The van der Waals surface area contributed by atoms with Crippen molar-refractivity contribution in [1.82, 2.24) is 10.2 Å². The largest absolute Gasteiger partial charge is 0.348 e. The summed E-state index contributed by atoms with van der Waals surface area (Å²) in [5.41, 5.74) is 2.41. The average molecular weight is 260 g/mol. The predicted octanol–water partition coefficient (Wildman–Crippen LogP) is 1.34. The highest BCUT2D eigenvalue weighted by molar-refractivity contribution is 6.35. The van der Waals surface area contributed by atoms with E-state index in [4.69, 9.17) is 0 Å². The fourth-order valence-electron chi connectivity index (χ4n) is 2.19. The third-order valence-electron chi connectivity index (χ3n) is 3.28. The van der Waals surface area contributed by atoms with Crippen molar-refractivity contribution in [2.24, 2.45) is 5.92 Å². The van der Waals surface area contributed by atoms with Gasteiger partial charge in [0.25, 0.3) is 0 Å². The number of carbonyl (C=O) groups excluding carboxylic acids is 2. The second-order valence-electron chi connectivity index (χ2n) is 5.35. The number of fused-ring (bicyclic) bond motifs is 1. The summed E-state index contributed by atoms with van der Waals surface area (Å²) in [5.74, 6) is -0.568. The lowest BCUT2D eigenvalue weighted by molar-refractivity contribution is -0.146. The van der Waals surface area contributed by atoms with Crippen molar-refractivity contribution in [2.45, 2.75) is 26.8 Å². The smallest absolute Gasteiger partial charge is 0.312 e. The molecule has 0 unspecified atom stereocenters. The summed E-state index contributed by atoms with van der Waals surface area (Å²) in [6.45, 7) is 5.69. The summed E-state index contributed by atoms with van der Waals surface area (Å²) < 4.78 is 0. The van der Waals surface area contributed by atoms with Crippen molar-refractivity contribution in [3.63, 3.8) is 0 Å². The monoisotopic (exact) mass is 260 g/mol. The fraction of sp³-hybridized carbons (Fsp3) is 0.467. The zero-order valence-corrected chi connectivity index (χ0v) is 11.5. The number of nitrogens with zero attached hydrogens (tertiary/aromatic N) is 1. The molecule has 0 aliphatic carbocycles. The minimum atomic E-state index is -0.493. The molecule has 1 heterocycles. The molecule has 1 aromatic carbocycles. The molecule has 1 aliphatic heterocycles. The number of carbonyl (C=O) groups is 2.